The molecule has 1 unspecified atom stereocenters. The zero-order valence-electron chi connectivity index (χ0n) is 14.0. The number of hydrogen-bond donors (Lipinski definition) is 0. The van der Waals surface area contributed by atoms with Gasteiger partial charge in [0.15, 0.2) is 5.78 Å². The summed E-state index contributed by atoms with van der Waals surface area (Å²) in [5.74, 6) is 0.994. The normalized spacial score (nSPS) is 21.3. The summed E-state index contributed by atoms with van der Waals surface area (Å²) >= 11 is 0. The lowest BCUT2D eigenvalue weighted by Gasteiger charge is -2.24. The number of aromatic nitrogens is 2. The predicted molar refractivity (Wildman–Crippen MR) is 84.5 cm³/mol. The van der Waals surface area contributed by atoms with Crippen LogP contribution >= 0.6 is 0 Å². The number of fused-ring (bicyclic) bond motifs is 1. The van der Waals surface area contributed by atoms with E-state index in [0.717, 1.165) is 30.8 Å². The minimum absolute atomic E-state index is 0.116. The number of rotatable bonds is 1. The Labute approximate surface area is 136 Å². The number of hydrogen-bond acceptors (Lipinski definition) is 5. The van der Waals surface area contributed by atoms with E-state index >= 15 is 0 Å². The van der Waals surface area contributed by atoms with Crippen LogP contribution in [0.5, 0.6) is 0 Å². The van der Waals surface area contributed by atoms with Crippen LogP contribution < -0.4 is 0 Å². The number of ketones is 1. The molecule has 6 heteroatoms. The van der Waals surface area contributed by atoms with E-state index in [4.69, 9.17) is 4.74 Å². The van der Waals surface area contributed by atoms with Gasteiger partial charge in [-0.2, -0.15) is 0 Å². The average molecular weight is 317 g/mol. The molecule has 1 aliphatic carbocycles. The van der Waals surface area contributed by atoms with Gasteiger partial charge in [-0.1, -0.05) is 0 Å². The third-order valence-electron chi connectivity index (χ3n) is 4.21. The second-order valence-corrected chi connectivity index (χ2v) is 7.28. The molecule has 0 radical (unpaired) electrons. The molecule has 2 heterocycles. The lowest BCUT2D eigenvalue weighted by molar-refractivity contribution is 0.0292. The largest absolute Gasteiger partial charge is 0.444 e. The summed E-state index contributed by atoms with van der Waals surface area (Å²) in [7, 11) is 0. The molecule has 0 aromatic carbocycles. The van der Waals surface area contributed by atoms with Crippen LogP contribution in [-0.2, 0) is 11.2 Å². The van der Waals surface area contributed by atoms with Crippen molar-refractivity contribution in [3.05, 3.63) is 23.3 Å². The van der Waals surface area contributed by atoms with Crippen LogP contribution in [0.2, 0.25) is 0 Å². The standard InChI is InChI=1S/C17H23N3O3/c1-17(2,3)23-16(22)20-8-7-11(10-20)15-18-9-12-13(19-15)5-4-6-14(12)21/h9,11H,4-8,10H2,1-3H3. The Morgan fingerprint density at radius 3 is 2.87 bits per heavy atom. The van der Waals surface area contributed by atoms with Crippen LogP contribution in [0.4, 0.5) is 4.79 Å². The fourth-order valence-electron chi connectivity index (χ4n) is 3.07. The van der Waals surface area contributed by atoms with Gasteiger partial charge in [-0.25, -0.2) is 14.8 Å². The van der Waals surface area contributed by atoms with Crippen molar-refractivity contribution in [1.82, 2.24) is 14.9 Å². The first-order valence-electron chi connectivity index (χ1n) is 8.20. The third kappa shape index (κ3) is 3.51. The summed E-state index contributed by atoms with van der Waals surface area (Å²) in [6.07, 6.45) is 4.48. The molecule has 1 aromatic rings. The molecular weight excluding hydrogens is 294 g/mol. The zero-order chi connectivity index (χ0) is 16.6. The number of nitrogens with zero attached hydrogens (tertiary/aromatic N) is 3. The van der Waals surface area contributed by atoms with Crippen molar-refractivity contribution in [3.63, 3.8) is 0 Å². The molecule has 124 valence electrons. The van der Waals surface area contributed by atoms with Gasteiger partial charge in [0.25, 0.3) is 0 Å². The van der Waals surface area contributed by atoms with E-state index in [1.54, 1.807) is 11.1 Å². The van der Waals surface area contributed by atoms with E-state index in [2.05, 4.69) is 9.97 Å². The first kappa shape index (κ1) is 15.9. The van der Waals surface area contributed by atoms with Gasteiger partial charge in [-0.3, -0.25) is 4.79 Å². The van der Waals surface area contributed by atoms with Crippen LogP contribution in [0.25, 0.3) is 0 Å². The Bertz CT molecular complexity index is 636. The summed E-state index contributed by atoms with van der Waals surface area (Å²) in [6.45, 7) is 6.81. The fraction of sp³-hybridized carbons (Fsp3) is 0.647. The summed E-state index contributed by atoms with van der Waals surface area (Å²) in [5.41, 5.74) is 1.04. The second kappa shape index (κ2) is 5.91. The van der Waals surface area contributed by atoms with Gasteiger partial charge in [0.2, 0.25) is 0 Å². The Morgan fingerprint density at radius 1 is 1.35 bits per heavy atom. The molecule has 1 fully saturated rings. The molecule has 1 atom stereocenters. The minimum Gasteiger partial charge on any atom is -0.444 e. The maximum absolute atomic E-state index is 12.1. The predicted octanol–water partition coefficient (Wildman–Crippen LogP) is 2.72. The summed E-state index contributed by atoms with van der Waals surface area (Å²) in [5, 5.41) is 0. The van der Waals surface area contributed by atoms with Crippen molar-refractivity contribution in [2.24, 2.45) is 0 Å². The van der Waals surface area contributed by atoms with E-state index in [9.17, 15) is 9.59 Å². The number of carbonyl (C=O) groups is 2. The zero-order valence-corrected chi connectivity index (χ0v) is 14.0. The molecule has 0 N–H and O–H groups in total. The number of aryl methyl sites for hydroxylation is 1. The Morgan fingerprint density at radius 2 is 2.13 bits per heavy atom. The van der Waals surface area contributed by atoms with Gasteiger partial charge < -0.3 is 9.64 Å². The second-order valence-electron chi connectivity index (χ2n) is 7.28. The number of carbonyl (C=O) groups excluding carboxylic acids is 2. The molecule has 0 saturated carbocycles. The molecule has 3 rings (SSSR count). The lowest BCUT2D eigenvalue weighted by atomic mass is 9.95. The summed E-state index contributed by atoms with van der Waals surface area (Å²) < 4.78 is 5.41. The number of Topliss-reactive ketones (excluding diaryl/α,β-unsaturated/α-hetero) is 1. The number of amides is 1. The monoisotopic (exact) mass is 317 g/mol. The maximum Gasteiger partial charge on any atom is 0.410 e. The van der Waals surface area contributed by atoms with Gasteiger partial charge in [0, 0.05) is 31.6 Å². The SMILES string of the molecule is CC(C)(C)OC(=O)N1CCC(c2ncc3c(n2)CCCC3=O)C1. The molecule has 1 aromatic heterocycles. The van der Waals surface area contributed by atoms with Crippen molar-refractivity contribution in [1.29, 1.82) is 0 Å². The molecular formula is C17H23N3O3. The van der Waals surface area contributed by atoms with Crippen LogP contribution in [0, 0.1) is 0 Å². The lowest BCUT2D eigenvalue weighted by Crippen LogP contribution is -2.35. The number of likely N-dealkylation sites (tertiary alicyclic amines) is 1. The molecule has 1 aliphatic heterocycles. The molecule has 2 aliphatic rings. The van der Waals surface area contributed by atoms with Crippen molar-refractivity contribution in [2.45, 2.75) is 58.0 Å². The third-order valence-corrected chi connectivity index (χ3v) is 4.21. The molecule has 0 spiro atoms. The highest BCUT2D eigenvalue weighted by molar-refractivity contribution is 5.97. The highest BCUT2D eigenvalue weighted by Crippen LogP contribution is 2.28. The Balaban J connectivity index is 1.70. The molecule has 0 bridgehead atoms. The Kier molecular flexibility index (Phi) is 4.08. The van der Waals surface area contributed by atoms with Crippen molar-refractivity contribution >= 4 is 11.9 Å². The Hall–Kier alpha value is -1.98. The van der Waals surface area contributed by atoms with Crippen LogP contribution in [0.3, 0.4) is 0 Å². The smallest absolute Gasteiger partial charge is 0.410 e. The number of ether oxygens (including phenoxy) is 1. The fourth-order valence-corrected chi connectivity index (χ4v) is 3.07. The first-order valence-corrected chi connectivity index (χ1v) is 8.20. The van der Waals surface area contributed by atoms with Crippen molar-refractivity contribution in [3.8, 4) is 0 Å². The first-order chi connectivity index (χ1) is 10.8. The van der Waals surface area contributed by atoms with Crippen molar-refractivity contribution in [2.75, 3.05) is 13.1 Å². The van der Waals surface area contributed by atoms with Crippen molar-refractivity contribution < 1.29 is 14.3 Å². The van der Waals surface area contributed by atoms with Gasteiger partial charge in [-0.15, -0.1) is 0 Å². The summed E-state index contributed by atoms with van der Waals surface area (Å²) in [4.78, 5) is 34.7. The van der Waals surface area contributed by atoms with Crippen LogP contribution in [0.15, 0.2) is 6.20 Å². The van der Waals surface area contributed by atoms with E-state index in [0.29, 0.717) is 25.1 Å². The average Bonchev–Trinajstić information content (AvgIpc) is 2.95. The van der Waals surface area contributed by atoms with Gasteiger partial charge in [0.05, 0.1) is 11.3 Å². The minimum atomic E-state index is -0.488. The van der Waals surface area contributed by atoms with Crippen LogP contribution in [-0.4, -0.2) is 45.4 Å². The van der Waals surface area contributed by atoms with E-state index < -0.39 is 5.60 Å². The van der Waals surface area contributed by atoms with Crippen LogP contribution in [0.1, 0.15) is 67.8 Å². The highest BCUT2D eigenvalue weighted by atomic mass is 16.6. The molecule has 1 amide bonds. The topological polar surface area (TPSA) is 72.4 Å². The molecule has 1 saturated heterocycles. The van der Waals surface area contributed by atoms with Gasteiger partial charge >= 0.3 is 6.09 Å². The highest BCUT2D eigenvalue weighted by Gasteiger charge is 2.32. The summed E-state index contributed by atoms with van der Waals surface area (Å²) in [6, 6.07) is 0. The van der Waals surface area contributed by atoms with E-state index in [1.807, 2.05) is 20.8 Å². The van der Waals surface area contributed by atoms with E-state index in [-0.39, 0.29) is 17.8 Å². The van der Waals surface area contributed by atoms with Gasteiger partial charge in [0.1, 0.15) is 11.4 Å². The molecule has 23 heavy (non-hydrogen) atoms. The van der Waals surface area contributed by atoms with Gasteiger partial charge in [-0.05, 0) is 40.0 Å². The quantitative estimate of drug-likeness (QED) is 0.796. The maximum atomic E-state index is 12.1. The van der Waals surface area contributed by atoms with E-state index in [1.165, 1.54) is 0 Å². The molecule has 6 nitrogen and oxygen atoms in total.